The fourth-order valence-electron chi connectivity index (χ4n) is 10.3. The van der Waals surface area contributed by atoms with Crippen LogP contribution in [-0.2, 0) is 84.4 Å². The van der Waals surface area contributed by atoms with Crippen molar-refractivity contribution in [2.75, 3.05) is 13.2 Å². The van der Waals surface area contributed by atoms with Gasteiger partial charge in [0, 0.05) is 64.7 Å². The van der Waals surface area contributed by atoms with E-state index in [2.05, 4.69) is 50.1 Å². The summed E-state index contributed by atoms with van der Waals surface area (Å²) < 4.78 is 67.7. The molecule has 3 saturated heterocycles. The van der Waals surface area contributed by atoms with Gasteiger partial charge in [0.1, 0.15) is 49.8 Å². The molecule has 2 aromatic carbocycles. The summed E-state index contributed by atoms with van der Waals surface area (Å²) in [5.74, 6) is -4.27. The summed E-state index contributed by atoms with van der Waals surface area (Å²) in [6.07, 6.45) is -18.3. The number of azide groups is 5. The van der Waals surface area contributed by atoms with Crippen LogP contribution in [0.2, 0.25) is 0 Å². The van der Waals surface area contributed by atoms with Crippen molar-refractivity contribution in [2.45, 2.75) is 184 Å². The summed E-state index contributed by atoms with van der Waals surface area (Å²) in [4.78, 5) is 81.3. The number of hydrogen-bond acceptors (Lipinski definition) is 21. The molecule has 4 aliphatic rings. The van der Waals surface area contributed by atoms with Gasteiger partial charge >= 0.3 is 30.0 Å². The van der Waals surface area contributed by atoms with Crippen molar-refractivity contribution < 1.29 is 76.1 Å². The van der Waals surface area contributed by atoms with Crippen molar-refractivity contribution in [1.29, 1.82) is 0 Å². The van der Waals surface area contributed by atoms with Crippen molar-refractivity contribution in [3.8, 4) is 0 Å². The van der Waals surface area contributed by atoms with E-state index in [0.29, 0.717) is 6.42 Å². The maximum atomic E-state index is 14.2. The van der Waals surface area contributed by atoms with Gasteiger partial charge in [0.05, 0.1) is 49.0 Å². The molecule has 0 unspecified atom stereocenters. The average molecular weight is 1130 g/mol. The number of rotatable bonds is 24. The molecule has 0 N–H and O–H groups in total. The van der Waals surface area contributed by atoms with Gasteiger partial charge in [0.25, 0.3) is 0 Å². The highest BCUT2D eigenvalue weighted by Crippen LogP contribution is 2.41. The van der Waals surface area contributed by atoms with Crippen LogP contribution in [0.25, 0.3) is 52.2 Å². The Morgan fingerprint density at radius 3 is 1.74 bits per heavy atom. The van der Waals surface area contributed by atoms with Gasteiger partial charge in [-0.05, 0) is 64.5 Å². The quantitative estimate of drug-likeness (QED) is 0.0314. The molecular weight excluding hydrogens is 1070 g/mol. The fraction of sp³-hybridized carbons (Fsp3) is 0.653. The highest BCUT2D eigenvalue weighted by Gasteiger charge is 2.57. The second kappa shape index (κ2) is 30.5. The first-order valence-electron chi connectivity index (χ1n) is 25.8. The zero-order valence-corrected chi connectivity index (χ0v) is 45.0. The molecule has 3 heterocycles. The molecule has 3 aliphatic heterocycles. The Morgan fingerprint density at radius 1 is 0.593 bits per heavy atom. The molecule has 18 atom stereocenters. The van der Waals surface area contributed by atoms with E-state index in [-0.39, 0.29) is 32.4 Å². The Hall–Kier alpha value is -8.10. The number of carbonyl (C=O) groups is 5. The molecule has 0 spiro atoms. The van der Waals surface area contributed by atoms with E-state index in [9.17, 15) is 51.6 Å². The summed E-state index contributed by atoms with van der Waals surface area (Å²) in [5.41, 5.74) is 50.2. The van der Waals surface area contributed by atoms with Gasteiger partial charge in [0.2, 0.25) is 0 Å². The molecular formula is C49H62N16O16. The van der Waals surface area contributed by atoms with Gasteiger partial charge in [-0.3, -0.25) is 24.1 Å². The first kappa shape index (κ1) is 62.1. The van der Waals surface area contributed by atoms with E-state index in [1.54, 1.807) is 6.92 Å². The number of esters is 4. The summed E-state index contributed by atoms with van der Waals surface area (Å²) in [6.45, 7) is 6.77. The maximum Gasteiger partial charge on any atom is 0.410 e. The van der Waals surface area contributed by atoms with Gasteiger partial charge in [-0.2, -0.15) is 0 Å². The van der Waals surface area contributed by atoms with Crippen LogP contribution < -0.4 is 0 Å². The third kappa shape index (κ3) is 16.7. The van der Waals surface area contributed by atoms with E-state index < -0.39 is 153 Å². The molecule has 434 valence electrons. The van der Waals surface area contributed by atoms with Crippen LogP contribution in [-0.4, -0.2) is 152 Å². The number of benzene rings is 2. The Balaban J connectivity index is 1.41. The van der Waals surface area contributed by atoms with Crippen LogP contribution >= 0.6 is 0 Å². The SMILES string of the molecule is CC[C@H]([C@@H]1CC[C@@H](N=[N+]=[N-])[C@@H](O[C@H]2[C@H](O[C@@H]3O[C@H](COC(C)=O)[C@@H](O[C@H]4O[C@@H](CN=[N+]=[N-])[C@@H](OC(C)=O)[C@H](C)[C@H]4N=[N+]=[N-])[C@H]3OC(C)=O)[C@@H](OC(C)=O)[C@H](N=[N+]=[N-])C[C@@H]2N=[N+]=[N-])O1)N(Cc1ccccc1)C(=O)OCc1ccccc1. The van der Waals surface area contributed by atoms with E-state index >= 15 is 0 Å². The predicted octanol–water partition coefficient (Wildman–Crippen LogP) is 8.14. The molecule has 81 heavy (non-hydrogen) atoms. The number of hydrogen-bond donors (Lipinski definition) is 0. The molecule has 4 fully saturated rings. The maximum absolute atomic E-state index is 14.2. The van der Waals surface area contributed by atoms with Gasteiger partial charge in [0.15, 0.2) is 25.0 Å². The standard InChI is InChI=1S/C49H62N16O16/c1-7-35(65(22-30-14-10-8-11-15-30)49(70)72-23-31-16-12-9-13-17-31)36-19-18-32(56-61-51)46(76-36)79-42-34(58-63-53)20-33(57-62-52)41(74-28(5)68)44(42)81-48-45(75-29(6)69)43(38(78-48)24-71-26(3)66)80-47-39(59-64-54)25(2)40(73-27(4)67)37(77-47)21-55-60-50/h8-17,25,32-48H,7,18-24H2,1-6H3/t25-,32-,33-,34+,35-,36+,37+,38-,39-,40+,41+,42-,43-,44-,45-,46-,47-,48+/m1/s1. The minimum atomic E-state index is -1.86. The molecule has 2 aromatic rings. The van der Waals surface area contributed by atoms with Crippen molar-refractivity contribution in [2.24, 2.45) is 31.5 Å². The third-order valence-corrected chi connectivity index (χ3v) is 13.8. The lowest BCUT2D eigenvalue weighted by molar-refractivity contribution is -0.293. The zero-order chi connectivity index (χ0) is 58.6. The monoisotopic (exact) mass is 1130 g/mol. The number of ether oxygens (including phenoxy) is 11. The fourth-order valence-corrected chi connectivity index (χ4v) is 10.3. The highest BCUT2D eigenvalue weighted by molar-refractivity contribution is 5.69. The van der Waals surface area contributed by atoms with Crippen molar-refractivity contribution in [1.82, 2.24) is 4.90 Å². The first-order valence-corrected chi connectivity index (χ1v) is 25.8. The lowest BCUT2D eigenvalue weighted by Crippen LogP contribution is -2.62. The van der Waals surface area contributed by atoms with Gasteiger partial charge in [-0.1, -0.05) is 100 Å². The zero-order valence-electron chi connectivity index (χ0n) is 45.0. The molecule has 0 bridgehead atoms. The number of carbonyl (C=O) groups excluding carboxylic acids is 5. The Labute approximate surface area is 462 Å². The summed E-state index contributed by atoms with van der Waals surface area (Å²) >= 11 is 0. The van der Waals surface area contributed by atoms with Crippen molar-refractivity contribution in [3.63, 3.8) is 0 Å². The van der Waals surface area contributed by atoms with Gasteiger partial charge in [-0.15, -0.1) is 0 Å². The van der Waals surface area contributed by atoms with Crippen molar-refractivity contribution in [3.05, 3.63) is 124 Å². The molecule has 1 amide bonds. The van der Waals surface area contributed by atoms with Crippen molar-refractivity contribution >= 4 is 30.0 Å². The van der Waals surface area contributed by atoms with Gasteiger partial charge in [-0.25, -0.2) is 4.79 Å². The molecule has 1 saturated carbocycles. The number of amides is 1. The number of nitrogens with zero attached hydrogens (tertiary/aromatic N) is 16. The van der Waals surface area contributed by atoms with E-state index in [4.69, 9.17) is 52.1 Å². The van der Waals surface area contributed by atoms with Crippen LogP contribution in [0.5, 0.6) is 0 Å². The Bertz CT molecular complexity index is 2740. The molecule has 0 aromatic heterocycles. The highest BCUT2D eigenvalue weighted by atomic mass is 16.8. The summed E-state index contributed by atoms with van der Waals surface area (Å²) in [5, 5.41) is 19.3. The summed E-state index contributed by atoms with van der Waals surface area (Å²) in [6, 6.07) is 12.4. The second-order valence-corrected chi connectivity index (χ2v) is 19.2. The van der Waals surface area contributed by atoms with Crippen LogP contribution in [0.15, 0.2) is 86.2 Å². The lowest BCUT2D eigenvalue weighted by Gasteiger charge is -2.47. The van der Waals surface area contributed by atoms with E-state index in [1.807, 2.05) is 67.6 Å². The van der Waals surface area contributed by atoms with Crippen LogP contribution in [0.3, 0.4) is 0 Å². The molecule has 6 rings (SSSR count). The Kier molecular flexibility index (Phi) is 23.4. The molecule has 32 nitrogen and oxygen atoms in total. The third-order valence-electron chi connectivity index (χ3n) is 13.8. The normalized spacial score (nSPS) is 30.8. The molecule has 1 aliphatic carbocycles. The largest absolute Gasteiger partial charge is 0.463 e. The molecule has 0 radical (unpaired) electrons. The predicted molar refractivity (Wildman–Crippen MR) is 275 cm³/mol. The minimum Gasteiger partial charge on any atom is -0.463 e. The lowest BCUT2D eigenvalue weighted by atomic mass is 9.83. The summed E-state index contributed by atoms with van der Waals surface area (Å²) in [7, 11) is 0. The van der Waals surface area contributed by atoms with Gasteiger partial charge < -0.3 is 52.1 Å². The van der Waals surface area contributed by atoms with Crippen LogP contribution in [0.4, 0.5) is 4.79 Å². The molecule has 32 heteroatoms. The van der Waals surface area contributed by atoms with Crippen LogP contribution in [0.1, 0.15) is 78.4 Å². The van der Waals surface area contributed by atoms with E-state index in [1.165, 1.54) is 4.90 Å². The first-order chi connectivity index (χ1) is 39.0. The second-order valence-electron chi connectivity index (χ2n) is 19.2. The average Bonchev–Trinajstić information content (AvgIpc) is 4.00. The van der Waals surface area contributed by atoms with E-state index in [0.717, 1.165) is 38.8 Å². The minimum absolute atomic E-state index is 0.0382. The topological polar surface area (TPSA) is 434 Å². The Morgan fingerprint density at radius 2 is 1.15 bits per heavy atom. The van der Waals surface area contributed by atoms with Crippen LogP contribution in [0, 0.1) is 5.92 Å². The smallest absolute Gasteiger partial charge is 0.410 e.